The molecule has 0 radical (unpaired) electrons. The molecule has 0 saturated heterocycles. The quantitative estimate of drug-likeness (QED) is 0.616. The molecule has 0 aliphatic rings. The van der Waals surface area contributed by atoms with E-state index < -0.39 is 0 Å². The van der Waals surface area contributed by atoms with E-state index in [0.717, 1.165) is 28.9 Å². The van der Waals surface area contributed by atoms with Crippen molar-refractivity contribution in [1.82, 2.24) is 14.4 Å². The van der Waals surface area contributed by atoms with Gasteiger partial charge >= 0.3 is 6.03 Å². The van der Waals surface area contributed by atoms with E-state index in [0.29, 0.717) is 19.0 Å². The van der Waals surface area contributed by atoms with Gasteiger partial charge in [0.15, 0.2) is 0 Å². The molecule has 3 amide bonds. The summed E-state index contributed by atoms with van der Waals surface area (Å²) in [6, 6.07) is 9.66. The Balaban J connectivity index is 2.21. The summed E-state index contributed by atoms with van der Waals surface area (Å²) in [4.78, 5) is 30.1. The van der Waals surface area contributed by atoms with Gasteiger partial charge < -0.3 is 19.7 Å². The van der Waals surface area contributed by atoms with Gasteiger partial charge in [-0.3, -0.25) is 4.79 Å². The van der Waals surface area contributed by atoms with Crippen LogP contribution in [0.15, 0.2) is 36.5 Å². The zero-order valence-electron chi connectivity index (χ0n) is 20.1. The largest absolute Gasteiger partial charge is 0.353 e. The first-order valence-corrected chi connectivity index (χ1v) is 11.2. The van der Waals surface area contributed by atoms with Crippen LogP contribution in [-0.2, 0) is 18.4 Å². The van der Waals surface area contributed by atoms with Gasteiger partial charge in [-0.15, -0.1) is 0 Å². The van der Waals surface area contributed by atoms with E-state index in [1.165, 1.54) is 0 Å². The van der Waals surface area contributed by atoms with E-state index in [9.17, 15) is 9.59 Å². The molecule has 0 saturated carbocycles. The smallest absolute Gasteiger partial charge is 0.322 e. The summed E-state index contributed by atoms with van der Waals surface area (Å²) in [5.74, 6) is 0.302. The molecular formula is C25H38N4O2. The monoisotopic (exact) mass is 426 g/mol. The fourth-order valence-electron chi connectivity index (χ4n) is 3.64. The third-order valence-corrected chi connectivity index (χ3v) is 5.74. The van der Waals surface area contributed by atoms with Crippen LogP contribution in [0.25, 0.3) is 0 Å². The number of hydrogen-bond acceptors (Lipinski definition) is 2. The lowest BCUT2D eigenvalue weighted by atomic mass is 10.1. The lowest BCUT2D eigenvalue weighted by Crippen LogP contribution is -2.48. The van der Waals surface area contributed by atoms with Gasteiger partial charge in [0.2, 0.25) is 5.91 Å². The topological polar surface area (TPSA) is 57.6 Å². The Morgan fingerprint density at radius 2 is 1.71 bits per heavy atom. The van der Waals surface area contributed by atoms with Crippen LogP contribution in [0.1, 0.15) is 50.9 Å². The van der Waals surface area contributed by atoms with Gasteiger partial charge in [-0.1, -0.05) is 39.0 Å². The maximum absolute atomic E-state index is 13.3. The van der Waals surface area contributed by atoms with Gasteiger partial charge in [0.25, 0.3) is 0 Å². The van der Waals surface area contributed by atoms with Crippen LogP contribution < -0.4 is 5.32 Å². The van der Waals surface area contributed by atoms with Crippen LogP contribution in [0.3, 0.4) is 0 Å². The van der Waals surface area contributed by atoms with Crippen molar-refractivity contribution >= 4 is 17.6 Å². The molecule has 2 aromatic rings. The number of carbonyl (C=O) groups is 2. The molecule has 0 spiro atoms. The second kappa shape index (κ2) is 11.0. The Kier molecular flexibility index (Phi) is 8.72. The molecule has 6 nitrogen and oxygen atoms in total. The number of carbonyl (C=O) groups excluding carboxylic acids is 2. The molecule has 0 fully saturated rings. The molecule has 31 heavy (non-hydrogen) atoms. The molecule has 0 unspecified atom stereocenters. The van der Waals surface area contributed by atoms with Crippen molar-refractivity contribution in [3.05, 3.63) is 53.3 Å². The van der Waals surface area contributed by atoms with Gasteiger partial charge in [-0.25, -0.2) is 4.79 Å². The molecule has 1 atom stereocenters. The average molecular weight is 427 g/mol. The minimum atomic E-state index is -0.233. The van der Waals surface area contributed by atoms with E-state index in [1.807, 2.05) is 80.7 Å². The summed E-state index contributed by atoms with van der Waals surface area (Å²) in [5.41, 5.74) is 3.91. The number of aromatic nitrogens is 1. The highest BCUT2D eigenvalue weighted by Crippen LogP contribution is 2.21. The van der Waals surface area contributed by atoms with Crippen LogP contribution in [0, 0.1) is 19.8 Å². The molecule has 2 rings (SSSR count). The molecule has 0 aliphatic heterocycles. The Morgan fingerprint density at radius 1 is 1.06 bits per heavy atom. The predicted octanol–water partition coefficient (Wildman–Crippen LogP) is 4.96. The summed E-state index contributed by atoms with van der Waals surface area (Å²) in [6.07, 6.45) is 2.76. The first kappa shape index (κ1) is 24.5. The number of nitrogens with zero attached hydrogens (tertiary/aromatic N) is 3. The van der Waals surface area contributed by atoms with Crippen LogP contribution in [0.5, 0.6) is 0 Å². The van der Waals surface area contributed by atoms with Crippen molar-refractivity contribution in [2.75, 3.05) is 18.4 Å². The molecule has 1 aromatic heterocycles. The van der Waals surface area contributed by atoms with Gasteiger partial charge in [0, 0.05) is 37.2 Å². The minimum Gasteiger partial charge on any atom is -0.353 e. The average Bonchev–Trinajstić information content (AvgIpc) is 3.11. The molecule has 1 aromatic carbocycles. The number of para-hydroxylation sites is 1. The second-order valence-corrected chi connectivity index (χ2v) is 8.86. The molecule has 1 N–H and O–H groups in total. The molecule has 1 heterocycles. The van der Waals surface area contributed by atoms with Crippen molar-refractivity contribution in [3.63, 3.8) is 0 Å². The van der Waals surface area contributed by atoms with Crippen molar-refractivity contribution in [1.29, 1.82) is 0 Å². The highest BCUT2D eigenvalue weighted by molar-refractivity contribution is 5.93. The number of aryl methyl sites for hydroxylation is 3. The van der Waals surface area contributed by atoms with Gasteiger partial charge in [-0.05, 0) is 56.4 Å². The van der Waals surface area contributed by atoms with Crippen LogP contribution in [-0.4, -0.2) is 45.4 Å². The summed E-state index contributed by atoms with van der Waals surface area (Å²) in [6.45, 7) is 13.4. The third kappa shape index (κ3) is 6.61. The van der Waals surface area contributed by atoms with Gasteiger partial charge in [0.05, 0.1) is 6.54 Å². The van der Waals surface area contributed by atoms with Gasteiger partial charge in [-0.2, -0.15) is 0 Å². The number of amides is 3. The number of benzene rings is 1. The van der Waals surface area contributed by atoms with Crippen LogP contribution in [0.4, 0.5) is 10.5 Å². The molecule has 0 bridgehead atoms. The number of nitrogens with one attached hydrogen (secondary N) is 1. The first-order chi connectivity index (χ1) is 14.6. The predicted molar refractivity (Wildman–Crippen MR) is 127 cm³/mol. The highest BCUT2D eigenvalue weighted by atomic mass is 16.2. The highest BCUT2D eigenvalue weighted by Gasteiger charge is 2.26. The number of rotatable bonds is 9. The fourth-order valence-corrected chi connectivity index (χ4v) is 3.64. The van der Waals surface area contributed by atoms with E-state index in [4.69, 9.17) is 0 Å². The van der Waals surface area contributed by atoms with Crippen molar-refractivity contribution < 1.29 is 9.59 Å². The minimum absolute atomic E-state index is 0.0353. The number of hydrogen-bond donors (Lipinski definition) is 1. The lowest BCUT2D eigenvalue weighted by molar-refractivity contribution is -0.133. The van der Waals surface area contributed by atoms with Gasteiger partial charge in [0.1, 0.15) is 6.54 Å². The van der Waals surface area contributed by atoms with E-state index in [2.05, 4.69) is 19.2 Å². The van der Waals surface area contributed by atoms with Crippen molar-refractivity contribution in [2.45, 2.75) is 60.5 Å². The number of urea groups is 1. The van der Waals surface area contributed by atoms with Crippen LogP contribution >= 0.6 is 0 Å². The standard InChI is InChI=1S/C25H38N4O2/c1-8-21(6)29(25(31)26-24-19(4)11-9-12-20(24)5)17-23(30)28(15-18(2)3)16-22-13-10-14-27(22)7/h9-14,18,21H,8,15-17H2,1-7H3,(H,26,31)/t21-/m0/s1. The second-order valence-electron chi connectivity index (χ2n) is 8.86. The normalized spacial score (nSPS) is 12.0. The molecule has 6 heteroatoms. The third-order valence-electron chi connectivity index (χ3n) is 5.74. The van der Waals surface area contributed by atoms with Crippen molar-refractivity contribution in [3.8, 4) is 0 Å². The Labute approximate surface area is 187 Å². The van der Waals surface area contributed by atoms with E-state index >= 15 is 0 Å². The fraction of sp³-hybridized carbons (Fsp3) is 0.520. The zero-order chi connectivity index (χ0) is 23.1. The summed E-state index contributed by atoms with van der Waals surface area (Å²) < 4.78 is 2.03. The van der Waals surface area contributed by atoms with Crippen LogP contribution in [0.2, 0.25) is 0 Å². The Bertz CT molecular complexity index is 867. The van der Waals surface area contributed by atoms with E-state index in [1.54, 1.807) is 4.90 Å². The lowest BCUT2D eigenvalue weighted by Gasteiger charge is -2.32. The summed E-state index contributed by atoms with van der Waals surface area (Å²) >= 11 is 0. The molecule has 170 valence electrons. The number of anilines is 1. The SMILES string of the molecule is CC[C@H](C)N(CC(=O)N(Cc1cccn1C)CC(C)C)C(=O)Nc1c(C)cccc1C. The Hall–Kier alpha value is -2.76. The summed E-state index contributed by atoms with van der Waals surface area (Å²) in [7, 11) is 1.98. The Morgan fingerprint density at radius 3 is 2.23 bits per heavy atom. The molecule has 0 aliphatic carbocycles. The molecular weight excluding hydrogens is 388 g/mol. The van der Waals surface area contributed by atoms with E-state index in [-0.39, 0.29) is 24.5 Å². The maximum Gasteiger partial charge on any atom is 0.322 e. The maximum atomic E-state index is 13.3. The van der Waals surface area contributed by atoms with Crippen molar-refractivity contribution in [2.24, 2.45) is 13.0 Å². The zero-order valence-corrected chi connectivity index (χ0v) is 20.1. The summed E-state index contributed by atoms with van der Waals surface area (Å²) in [5, 5.41) is 3.05. The first-order valence-electron chi connectivity index (χ1n) is 11.2.